The summed E-state index contributed by atoms with van der Waals surface area (Å²) in [6.45, 7) is 0.503. The van der Waals surface area contributed by atoms with E-state index in [1.54, 1.807) is 18.2 Å². The van der Waals surface area contributed by atoms with Crippen molar-refractivity contribution in [2.75, 3.05) is 13.7 Å². The first kappa shape index (κ1) is 18.6. The average molecular weight is 382 g/mol. The molecule has 0 aromatic heterocycles. The molecule has 3 rings (SSSR count). The first-order valence-corrected chi connectivity index (χ1v) is 8.71. The molecule has 1 saturated heterocycles. The number of methoxy groups -OCH3 is 1. The summed E-state index contributed by atoms with van der Waals surface area (Å²) in [7, 11) is 1.54. The van der Waals surface area contributed by atoms with Crippen molar-refractivity contribution >= 4 is 35.2 Å². The number of hydrogen-bond donors (Lipinski definition) is 2. The van der Waals surface area contributed by atoms with Crippen molar-refractivity contribution in [3.63, 3.8) is 0 Å². The second-order valence-corrected chi connectivity index (χ2v) is 6.20. The van der Waals surface area contributed by atoms with Gasteiger partial charge in [0.05, 0.1) is 13.7 Å². The fourth-order valence-corrected chi connectivity index (χ4v) is 2.78. The summed E-state index contributed by atoms with van der Waals surface area (Å²) in [5, 5.41) is 4.80. The van der Waals surface area contributed by atoms with Gasteiger partial charge in [0.1, 0.15) is 5.57 Å². The SMILES string of the molecule is COc1cc(C=C2C(=O)NC(=S)NC2=O)ccc1OCCc1ccccc1. The van der Waals surface area contributed by atoms with Crippen LogP contribution in [-0.2, 0) is 16.0 Å². The zero-order chi connectivity index (χ0) is 19.2. The maximum Gasteiger partial charge on any atom is 0.263 e. The molecule has 1 heterocycles. The van der Waals surface area contributed by atoms with E-state index in [1.807, 2.05) is 30.3 Å². The maximum absolute atomic E-state index is 11.9. The Hall–Kier alpha value is -3.19. The van der Waals surface area contributed by atoms with E-state index >= 15 is 0 Å². The fourth-order valence-electron chi connectivity index (χ4n) is 2.59. The minimum atomic E-state index is -0.536. The summed E-state index contributed by atoms with van der Waals surface area (Å²) in [5.74, 6) is 0.0377. The van der Waals surface area contributed by atoms with E-state index < -0.39 is 11.8 Å². The molecule has 2 amide bonds. The third-order valence-corrected chi connectivity index (χ3v) is 4.14. The molecule has 0 saturated carbocycles. The number of amides is 2. The molecule has 0 spiro atoms. The van der Waals surface area contributed by atoms with Crippen molar-refractivity contribution in [1.29, 1.82) is 0 Å². The van der Waals surface area contributed by atoms with E-state index in [-0.39, 0.29) is 10.7 Å². The Morgan fingerprint density at radius 1 is 1.00 bits per heavy atom. The van der Waals surface area contributed by atoms with Gasteiger partial charge in [-0.3, -0.25) is 20.2 Å². The van der Waals surface area contributed by atoms with Crippen LogP contribution in [0.15, 0.2) is 54.1 Å². The summed E-state index contributed by atoms with van der Waals surface area (Å²) < 4.78 is 11.2. The molecule has 0 atom stereocenters. The van der Waals surface area contributed by atoms with Gasteiger partial charge in [-0.25, -0.2) is 0 Å². The van der Waals surface area contributed by atoms with Crippen molar-refractivity contribution in [2.24, 2.45) is 0 Å². The van der Waals surface area contributed by atoms with Crippen molar-refractivity contribution in [3.8, 4) is 11.5 Å². The van der Waals surface area contributed by atoms with Crippen LogP contribution in [0.2, 0.25) is 0 Å². The molecule has 2 aromatic rings. The minimum absolute atomic E-state index is 0.00175. The lowest BCUT2D eigenvalue weighted by Gasteiger charge is -2.16. The van der Waals surface area contributed by atoms with E-state index in [0.29, 0.717) is 23.7 Å². The van der Waals surface area contributed by atoms with E-state index in [2.05, 4.69) is 10.6 Å². The van der Waals surface area contributed by atoms with Crippen LogP contribution in [-0.4, -0.2) is 30.6 Å². The van der Waals surface area contributed by atoms with Crippen molar-refractivity contribution in [2.45, 2.75) is 6.42 Å². The Morgan fingerprint density at radius 2 is 1.70 bits per heavy atom. The predicted octanol–water partition coefficient (Wildman–Crippen LogP) is 2.23. The lowest BCUT2D eigenvalue weighted by atomic mass is 10.1. The lowest BCUT2D eigenvalue weighted by molar-refractivity contribution is -0.123. The van der Waals surface area contributed by atoms with Gasteiger partial charge in [-0.1, -0.05) is 36.4 Å². The van der Waals surface area contributed by atoms with Crippen LogP contribution in [0, 0.1) is 0 Å². The summed E-state index contributed by atoms with van der Waals surface area (Å²) in [5.41, 5.74) is 1.80. The summed E-state index contributed by atoms with van der Waals surface area (Å²) in [6.07, 6.45) is 2.25. The number of ether oxygens (including phenoxy) is 2. The zero-order valence-electron chi connectivity index (χ0n) is 14.7. The van der Waals surface area contributed by atoms with Gasteiger partial charge in [0.15, 0.2) is 16.6 Å². The van der Waals surface area contributed by atoms with Gasteiger partial charge in [-0.15, -0.1) is 0 Å². The van der Waals surface area contributed by atoms with Crippen molar-refractivity contribution in [3.05, 3.63) is 65.2 Å². The molecule has 7 heteroatoms. The summed E-state index contributed by atoms with van der Waals surface area (Å²) >= 11 is 4.78. The molecule has 27 heavy (non-hydrogen) atoms. The molecule has 1 aliphatic heterocycles. The van der Waals surface area contributed by atoms with Crippen LogP contribution in [0.1, 0.15) is 11.1 Å². The standard InChI is InChI=1S/C20H18N2O4S/c1-25-17-12-14(11-15-18(23)21-20(27)22-19(15)24)7-8-16(17)26-10-9-13-5-3-2-4-6-13/h2-8,11-12H,9-10H2,1H3,(H2,21,22,23,24,27). The van der Waals surface area contributed by atoms with Gasteiger partial charge < -0.3 is 9.47 Å². The van der Waals surface area contributed by atoms with Crippen molar-refractivity contribution < 1.29 is 19.1 Å². The van der Waals surface area contributed by atoms with Crippen LogP contribution >= 0.6 is 12.2 Å². The monoisotopic (exact) mass is 382 g/mol. The van der Waals surface area contributed by atoms with Crippen LogP contribution < -0.4 is 20.1 Å². The zero-order valence-corrected chi connectivity index (χ0v) is 15.5. The Kier molecular flexibility index (Phi) is 5.83. The predicted molar refractivity (Wildman–Crippen MR) is 105 cm³/mol. The normalized spacial score (nSPS) is 13.7. The molecule has 0 aliphatic carbocycles. The first-order chi connectivity index (χ1) is 13.1. The van der Waals surface area contributed by atoms with Gasteiger partial charge in [0.2, 0.25) is 0 Å². The fraction of sp³-hybridized carbons (Fsp3) is 0.150. The van der Waals surface area contributed by atoms with Gasteiger partial charge in [0.25, 0.3) is 11.8 Å². The highest BCUT2D eigenvalue weighted by atomic mass is 32.1. The lowest BCUT2D eigenvalue weighted by Crippen LogP contribution is -2.51. The van der Waals surface area contributed by atoms with Gasteiger partial charge in [-0.05, 0) is 41.6 Å². The Labute approximate surface area is 162 Å². The molecule has 0 bridgehead atoms. The third kappa shape index (κ3) is 4.71. The van der Waals surface area contributed by atoms with Crippen LogP contribution in [0.5, 0.6) is 11.5 Å². The largest absolute Gasteiger partial charge is 0.493 e. The molecule has 6 nitrogen and oxygen atoms in total. The number of rotatable bonds is 6. The number of benzene rings is 2. The second kappa shape index (κ2) is 8.46. The highest BCUT2D eigenvalue weighted by molar-refractivity contribution is 7.80. The van der Waals surface area contributed by atoms with E-state index in [1.165, 1.54) is 18.7 Å². The molecule has 0 radical (unpaired) electrons. The molecule has 0 unspecified atom stereocenters. The molecule has 1 aliphatic rings. The quantitative estimate of drug-likeness (QED) is 0.455. The second-order valence-electron chi connectivity index (χ2n) is 5.79. The maximum atomic E-state index is 11.9. The number of hydrogen-bond acceptors (Lipinski definition) is 5. The van der Waals surface area contributed by atoms with Gasteiger partial charge >= 0.3 is 0 Å². The Bertz CT molecular complexity index is 887. The number of nitrogens with one attached hydrogen (secondary N) is 2. The minimum Gasteiger partial charge on any atom is -0.493 e. The van der Waals surface area contributed by atoms with E-state index in [4.69, 9.17) is 21.7 Å². The van der Waals surface area contributed by atoms with Gasteiger partial charge in [0, 0.05) is 6.42 Å². The highest BCUT2D eigenvalue weighted by Crippen LogP contribution is 2.29. The highest BCUT2D eigenvalue weighted by Gasteiger charge is 2.25. The van der Waals surface area contributed by atoms with Crippen LogP contribution in [0.3, 0.4) is 0 Å². The molecular weight excluding hydrogens is 364 g/mol. The summed E-state index contributed by atoms with van der Waals surface area (Å²) in [6, 6.07) is 15.2. The Morgan fingerprint density at radius 3 is 2.37 bits per heavy atom. The van der Waals surface area contributed by atoms with E-state index in [0.717, 1.165) is 6.42 Å². The molecule has 138 valence electrons. The van der Waals surface area contributed by atoms with Crippen LogP contribution in [0.25, 0.3) is 6.08 Å². The third-order valence-electron chi connectivity index (χ3n) is 3.93. The topological polar surface area (TPSA) is 76.7 Å². The average Bonchev–Trinajstić information content (AvgIpc) is 2.66. The van der Waals surface area contributed by atoms with E-state index in [9.17, 15) is 9.59 Å². The van der Waals surface area contributed by atoms with Gasteiger partial charge in [-0.2, -0.15) is 0 Å². The molecule has 2 N–H and O–H groups in total. The van der Waals surface area contributed by atoms with Crippen molar-refractivity contribution in [1.82, 2.24) is 10.6 Å². The number of carbonyl (C=O) groups is 2. The van der Waals surface area contributed by atoms with Crippen LogP contribution in [0.4, 0.5) is 0 Å². The number of carbonyl (C=O) groups excluding carboxylic acids is 2. The smallest absolute Gasteiger partial charge is 0.263 e. The molecular formula is C20H18N2O4S. The molecule has 1 fully saturated rings. The first-order valence-electron chi connectivity index (χ1n) is 8.30. The molecule has 2 aromatic carbocycles. The number of thiocarbonyl (C=S) groups is 1. The summed E-state index contributed by atoms with van der Waals surface area (Å²) in [4.78, 5) is 23.9. The Balaban J connectivity index is 1.72.